The molecule has 124 valence electrons. The number of benzene rings is 1. The Balaban J connectivity index is 3.06. The summed E-state index contributed by atoms with van der Waals surface area (Å²) in [5.74, 6) is -8.97. The fourth-order valence-electron chi connectivity index (χ4n) is 1.58. The van der Waals surface area contributed by atoms with Crippen LogP contribution in [0, 0.1) is 22.9 Å². The van der Waals surface area contributed by atoms with Gasteiger partial charge in [0.1, 0.15) is 5.41 Å². The van der Waals surface area contributed by atoms with E-state index in [4.69, 9.17) is 4.84 Å². The van der Waals surface area contributed by atoms with Crippen LogP contribution in [0.2, 0.25) is 0 Å². The highest BCUT2D eigenvalue weighted by molar-refractivity contribution is 5.82. The molecule has 0 radical (unpaired) electrons. The van der Waals surface area contributed by atoms with Gasteiger partial charge in [0, 0.05) is 6.92 Å². The van der Waals surface area contributed by atoms with E-state index in [9.17, 15) is 26.7 Å². The predicted molar refractivity (Wildman–Crippen MR) is 68.3 cm³/mol. The third-order valence-electron chi connectivity index (χ3n) is 3.45. The zero-order valence-electron chi connectivity index (χ0n) is 12.5. The molecule has 0 saturated carbocycles. The molecule has 1 rings (SSSR count). The van der Waals surface area contributed by atoms with Crippen LogP contribution in [0.25, 0.3) is 0 Å². The molecular weight excluding hydrogens is 309 g/mol. The summed E-state index contributed by atoms with van der Waals surface area (Å²) in [5, 5.41) is 0.545. The van der Waals surface area contributed by atoms with Crippen LogP contribution in [0.4, 0.5) is 22.0 Å². The minimum atomic E-state index is -3.35. The van der Waals surface area contributed by atoms with Crippen molar-refractivity contribution in [1.82, 2.24) is 5.06 Å². The van der Waals surface area contributed by atoms with Crippen molar-refractivity contribution in [3.8, 4) is 0 Å². The quantitative estimate of drug-likeness (QED) is 0.470. The Morgan fingerprint density at radius 3 is 1.95 bits per heavy atom. The Bertz CT molecular complexity index is 546. The average Bonchev–Trinajstić information content (AvgIpc) is 2.39. The van der Waals surface area contributed by atoms with Crippen LogP contribution in [0.15, 0.2) is 12.1 Å². The van der Waals surface area contributed by atoms with Gasteiger partial charge in [-0.15, -0.1) is 0 Å². The van der Waals surface area contributed by atoms with E-state index in [0.29, 0.717) is 24.1 Å². The second-order valence-electron chi connectivity index (χ2n) is 5.41. The SMILES string of the molecule is CON(Cc1cc(F)c(F)c(F)c1)C(=O)C(C)(C)C(C)(F)F. The number of hydrogen-bond donors (Lipinski definition) is 0. The summed E-state index contributed by atoms with van der Waals surface area (Å²) in [5.41, 5.74) is -2.23. The van der Waals surface area contributed by atoms with Crippen LogP contribution in [0.5, 0.6) is 0 Å². The van der Waals surface area contributed by atoms with Gasteiger partial charge in [-0.05, 0) is 31.5 Å². The standard InChI is InChI=1S/C14H16F5NO2/c1-13(2,14(3,18)19)12(21)20(22-4)7-8-5-9(15)11(17)10(16)6-8/h5-6H,7H2,1-4H3. The molecular formula is C14H16F5NO2. The van der Waals surface area contributed by atoms with E-state index in [1.165, 1.54) is 0 Å². The van der Waals surface area contributed by atoms with Crippen molar-refractivity contribution in [3.63, 3.8) is 0 Å². The van der Waals surface area contributed by atoms with Gasteiger partial charge in [0.15, 0.2) is 17.5 Å². The number of amides is 1. The maximum absolute atomic E-state index is 13.5. The molecule has 0 unspecified atom stereocenters. The van der Waals surface area contributed by atoms with Crippen molar-refractivity contribution in [1.29, 1.82) is 0 Å². The number of hydroxylamine groups is 2. The van der Waals surface area contributed by atoms with Crippen LogP contribution in [-0.2, 0) is 16.2 Å². The van der Waals surface area contributed by atoms with Gasteiger partial charge in [0.2, 0.25) is 0 Å². The smallest absolute Gasteiger partial charge is 0.259 e. The summed E-state index contributed by atoms with van der Waals surface area (Å²) in [6, 6.07) is 1.32. The summed E-state index contributed by atoms with van der Waals surface area (Å²) < 4.78 is 66.1. The molecule has 0 heterocycles. The lowest BCUT2D eigenvalue weighted by Gasteiger charge is -2.34. The molecule has 0 N–H and O–H groups in total. The van der Waals surface area contributed by atoms with E-state index >= 15 is 0 Å². The van der Waals surface area contributed by atoms with Crippen LogP contribution >= 0.6 is 0 Å². The van der Waals surface area contributed by atoms with Gasteiger partial charge in [-0.2, -0.15) is 0 Å². The van der Waals surface area contributed by atoms with Crippen LogP contribution < -0.4 is 0 Å². The second-order valence-corrected chi connectivity index (χ2v) is 5.41. The first-order valence-corrected chi connectivity index (χ1v) is 6.29. The van der Waals surface area contributed by atoms with Crippen molar-refractivity contribution in [2.45, 2.75) is 33.2 Å². The lowest BCUT2D eigenvalue weighted by atomic mass is 9.85. The molecule has 1 aromatic carbocycles. The third-order valence-corrected chi connectivity index (χ3v) is 3.45. The monoisotopic (exact) mass is 325 g/mol. The average molecular weight is 325 g/mol. The Hall–Kier alpha value is -1.70. The summed E-state index contributed by atoms with van der Waals surface area (Å²) in [6.45, 7) is 2.11. The van der Waals surface area contributed by atoms with Crippen molar-refractivity contribution in [2.75, 3.05) is 7.11 Å². The highest BCUT2D eigenvalue weighted by atomic mass is 19.3. The number of carbonyl (C=O) groups excluding carboxylic acids is 1. The van der Waals surface area contributed by atoms with E-state index in [0.717, 1.165) is 21.0 Å². The number of hydrogen-bond acceptors (Lipinski definition) is 2. The van der Waals surface area contributed by atoms with E-state index in [1.807, 2.05) is 0 Å². The molecule has 0 atom stereocenters. The lowest BCUT2D eigenvalue weighted by molar-refractivity contribution is -0.205. The molecule has 1 amide bonds. The number of halogens is 5. The molecule has 3 nitrogen and oxygen atoms in total. The van der Waals surface area contributed by atoms with Crippen LogP contribution in [0.1, 0.15) is 26.3 Å². The molecule has 0 aliphatic heterocycles. The van der Waals surface area contributed by atoms with Gasteiger partial charge >= 0.3 is 0 Å². The number of carbonyl (C=O) groups is 1. The fraction of sp³-hybridized carbons (Fsp3) is 0.500. The first-order valence-electron chi connectivity index (χ1n) is 6.29. The lowest BCUT2D eigenvalue weighted by Crippen LogP contribution is -2.48. The second kappa shape index (κ2) is 6.20. The van der Waals surface area contributed by atoms with Gasteiger partial charge < -0.3 is 0 Å². The van der Waals surface area contributed by atoms with Crippen molar-refractivity contribution in [2.24, 2.45) is 5.41 Å². The largest absolute Gasteiger partial charge is 0.274 e. The Kier molecular flexibility index (Phi) is 5.17. The molecule has 0 aliphatic rings. The first-order chi connectivity index (χ1) is 9.91. The fourth-order valence-corrected chi connectivity index (χ4v) is 1.58. The highest BCUT2D eigenvalue weighted by Gasteiger charge is 2.50. The minimum Gasteiger partial charge on any atom is -0.274 e. The van der Waals surface area contributed by atoms with Gasteiger partial charge in [-0.25, -0.2) is 27.0 Å². The molecule has 0 bridgehead atoms. The van der Waals surface area contributed by atoms with Crippen molar-refractivity contribution in [3.05, 3.63) is 35.1 Å². The molecule has 22 heavy (non-hydrogen) atoms. The Labute approximate surface area is 124 Å². The predicted octanol–water partition coefficient (Wildman–Crippen LogP) is 3.68. The van der Waals surface area contributed by atoms with E-state index < -0.39 is 41.2 Å². The Morgan fingerprint density at radius 1 is 1.14 bits per heavy atom. The number of rotatable bonds is 5. The molecule has 0 fully saturated rings. The van der Waals surface area contributed by atoms with Gasteiger partial charge in [-0.1, -0.05) is 0 Å². The molecule has 0 aromatic heterocycles. The normalized spacial score (nSPS) is 12.4. The molecule has 0 spiro atoms. The maximum atomic E-state index is 13.5. The van der Waals surface area contributed by atoms with Crippen LogP contribution in [0.3, 0.4) is 0 Å². The highest BCUT2D eigenvalue weighted by Crippen LogP contribution is 2.37. The van der Waals surface area contributed by atoms with E-state index in [2.05, 4.69) is 0 Å². The van der Waals surface area contributed by atoms with Crippen LogP contribution in [-0.4, -0.2) is 24.0 Å². The summed E-state index contributed by atoms with van der Waals surface area (Å²) in [6.07, 6.45) is 0. The zero-order chi connectivity index (χ0) is 17.3. The molecule has 0 aliphatic carbocycles. The summed E-state index contributed by atoms with van der Waals surface area (Å²) >= 11 is 0. The van der Waals surface area contributed by atoms with Crippen molar-refractivity contribution >= 4 is 5.91 Å². The summed E-state index contributed by atoms with van der Waals surface area (Å²) in [4.78, 5) is 16.9. The molecule has 0 saturated heterocycles. The van der Waals surface area contributed by atoms with Gasteiger partial charge in [0.25, 0.3) is 11.8 Å². The van der Waals surface area contributed by atoms with Gasteiger partial charge in [-0.3, -0.25) is 9.63 Å². The zero-order valence-corrected chi connectivity index (χ0v) is 12.5. The molecule has 8 heteroatoms. The van der Waals surface area contributed by atoms with E-state index in [-0.39, 0.29) is 5.56 Å². The number of alkyl halides is 2. The van der Waals surface area contributed by atoms with Gasteiger partial charge in [0.05, 0.1) is 13.7 Å². The minimum absolute atomic E-state index is 0.137. The summed E-state index contributed by atoms with van der Waals surface area (Å²) in [7, 11) is 1.05. The maximum Gasteiger partial charge on any atom is 0.259 e. The third kappa shape index (κ3) is 3.55. The number of nitrogens with zero attached hydrogens (tertiary/aromatic N) is 1. The van der Waals surface area contributed by atoms with E-state index in [1.54, 1.807) is 0 Å². The first kappa shape index (κ1) is 18.3. The van der Waals surface area contributed by atoms with Crippen molar-refractivity contribution < 1.29 is 31.6 Å². The molecule has 1 aromatic rings. The topological polar surface area (TPSA) is 29.5 Å². The Morgan fingerprint density at radius 2 is 1.59 bits per heavy atom.